The number of nitrogens with zero attached hydrogens (tertiary/aromatic N) is 3. The Balaban J connectivity index is 1.48. The topological polar surface area (TPSA) is 61.7 Å². The smallest absolute Gasteiger partial charge is 0.269 e. The van der Waals surface area contributed by atoms with Crippen molar-refractivity contribution in [3.05, 3.63) is 34.4 Å². The summed E-state index contributed by atoms with van der Waals surface area (Å²) in [4.78, 5) is 15.1. The third-order valence-corrected chi connectivity index (χ3v) is 5.38. The van der Waals surface area contributed by atoms with Crippen LogP contribution in [0.3, 0.4) is 0 Å². The van der Waals surface area contributed by atoms with Crippen LogP contribution in [0.5, 0.6) is 0 Å². The Morgan fingerprint density at radius 3 is 2.29 bits per heavy atom. The van der Waals surface area contributed by atoms with Gasteiger partial charge in [-0.1, -0.05) is 19.3 Å². The lowest BCUT2D eigenvalue weighted by atomic mass is 9.94. The lowest BCUT2D eigenvalue weighted by Crippen LogP contribution is -2.53. The molecule has 0 bridgehead atoms. The van der Waals surface area contributed by atoms with Gasteiger partial charge in [-0.05, 0) is 37.2 Å². The average molecular weight is 348 g/mol. The lowest BCUT2D eigenvalue weighted by Gasteiger charge is -2.41. The van der Waals surface area contributed by atoms with Gasteiger partial charge in [0.2, 0.25) is 0 Å². The third kappa shape index (κ3) is 4.21. The minimum Gasteiger partial charge on any atom is -0.346 e. The SMILES string of the molecule is O=[N+]([O-])c1ccc(NC(=S)N2CCN(C3CCCCC3)CC2)cc1. The number of piperazine rings is 1. The monoisotopic (exact) mass is 348 g/mol. The summed E-state index contributed by atoms with van der Waals surface area (Å²) >= 11 is 5.50. The van der Waals surface area contributed by atoms with Gasteiger partial charge in [0.25, 0.3) is 5.69 Å². The maximum atomic E-state index is 10.7. The molecule has 0 spiro atoms. The van der Waals surface area contributed by atoms with E-state index in [1.165, 1.54) is 44.2 Å². The predicted molar refractivity (Wildman–Crippen MR) is 99.3 cm³/mol. The first kappa shape index (κ1) is 17.1. The van der Waals surface area contributed by atoms with E-state index in [9.17, 15) is 10.1 Å². The molecule has 0 unspecified atom stereocenters. The molecule has 0 atom stereocenters. The number of anilines is 1. The number of benzene rings is 1. The van der Waals surface area contributed by atoms with Gasteiger partial charge in [-0.25, -0.2) is 0 Å². The zero-order valence-electron chi connectivity index (χ0n) is 13.8. The third-order valence-electron chi connectivity index (χ3n) is 5.02. The van der Waals surface area contributed by atoms with Crippen LogP contribution in [-0.2, 0) is 0 Å². The number of thiocarbonyl (C=S) groups is 1. The summed E-state index contributed by atoms with van der Waals surface area (Å²) in [5.74, 6) is 0. The van der Waals surface area contributed by atoms with Gasteiger partial charge in [-0.2, -0.15) is 0 Å². The van der Waals surface area contributed by atoms with Crippen molar-refractivity contribution in [2.24, 2.45) is 0 Å². The number of rotatable bonds is 3. The maximum absolute atomic E-state index is 10.7. The molecular formula is C17H24N4O2S. The standard InChI is InChI=1S/C17H24N4O2S/c22-21(23)16-8-6-14(7-9-16)18-17(24)20-12-10-19(11-13-20)15-4-2-1-3-5-15/h6-9,15H,1-5,10-13H2,(H,18,24). The first-order valence-corrected chi connectivity index (χ1v) is 9.09. The fourth-order valence-corrected chi connectivity index (χ4v) is 3.91. The summed E-state index contributed by atoms with van der Waals surface area (Å²) < 4.78 is 0. The van der Waals surface area contributed by atoms with Crippen LogP contribution < -0.4 is 5.32 Å². The predicted octanol–water partition coefficient (Wildman–Crippen LogP) is 3.24. The van der Waals surface area contributed by atoms with Gasteiger partial charge in [-0.3, -0.25) is 15.0 Å². The van der Waals surface area contributed by atoms with Crippen molar-refractivity contribution in [1.29, 1.82) is 0 Å². The number of nitro benzene ring substituents is 1. The minimum absolute atomic E-state index is 0.0903. The van der Waals surface area contributed by atoms with Crippen LogP contribution >= 0.6 is 12.2 Å². The summed E-state index contributed by atoms with van der Waals surface area (Å²) in [5, 5.41) is 14.6. The Hall–Kier alpha value is -1.73. The molecule has 1 N–H and O–H groups in total. The van der Waals surface area contributed by atoms with Crippen molar-refractivity contribution in [3.63, 3.8) is 0 Å². The molecule has 130 valence electrons. The first-order chi connectivity index (χ1) is 11.6. The van der Waals surface area contributed by atoms with Crippen LogP contribution in [0, 0.1) is 10.1 Å². The molecule has 2 aliphatic rings. The highest BCUT2D eigenvalue weighted by molar-refractivity contribution is 7.80. The highest BCUT2D eigenvalue weighted by Gasteiger charge is 2.25. The van der Waals surface area contributed by atoms with E-state index in [1.807, 2.05) is 0 Å². The molecule has 1 aromatic carbocycles. The van der Waals surface area contributed by atoms with E-state index >= 15 is 0 Å². The van der Waals surface area contributed by atoms with Gasteiger partial charge >= 0.3 is 0 Å². The van der Waals surface area contributed by atoms with Crippen molar-refractivity contribution >= 4 is 28.7 Å². The molecule has 1 heterocycles. The molecule has 1 saturated heterocycles. The molecular weight excluding hydrogens is 324 g/mol. The van der Waals surface area contributed by atoms with Gasteiger partial charge in [-0.15, -0.1) is 0 Å². The van der Waals surface area contributed by atoms with Gasteiger partial charge in [0.05, 0.1) is 4.92 Å². The second kappa shape index (κ2) is 7.90. The molecule has 24 heavy (non-hydrogen) atoms. The van der Waals surface area contributed by atoms with Crippen molar-refractivity contribution in [2.45, 2.75) is 38.1 Å². The van der Waals surface area contributed by atoms with E-state index in [4.69, 9.17) is 12.2 Å². The van der Waals surface area contributed by atoms with Crippen molar-refractivity contribution in [1.82, 2.24) is 9.80 Å². The average Bonchev–Trinajstić information content (AvgIpc) is 2.63. The van der Waals surface area contributed by atoms with Gasteiger partial charge < -0.3 is 10.2 Å². The Bertz CT molecular complexity index is 579. The summed E-state index contributed by atoms with van der Waals surface area (Å²) in [6.45, 7) is 4.00. The van der Waals surface area contributed by atoms with Crippen LogP contribution in [0.1, 0.15) is 32.1 Å². The molecule has 6 nitrogen and oxygen atoms in total. The van der Waals surface area contributed by atoms with Gasteiger partial charge in [0, 0.05) is 50.0 Å². The summed E-state index contributed by atoms with van der Waals surface area (Å²) in [5.41, 5.74) is 0.882. The fraction of sp³-hybridized carbons (Fsp3) is 0.588. The van der Waals surface area contributed by atoms with Crippen LogP contribution in [0.4, 0.5) is 11.4 Å². The highest BCUT2D eigenvalue weighted by atomic mass is 32.1. The fourth-order valence-electron chi connectivity index (χ4n) is 3.61. The number of nitrogens with one attached hydrogen (secondary N) is 1. The van der Waals surface area contributed by atoms with Crippen molar-refractivity contribution in [2.75, 3.05) is 31.5 Å². The molecule has 1 saturated carbocycles. The molecule has 3 rings (SSSR count). The molecule has 1 aliphatic carbocycles. The zero-order chi connectivity index (χ0) is 16.9. The highest BCUT2D eigenvalue weighted by Crippen LogP contribution is 2.23. The second-order valence-electron chi connectivity index (χ2n) is 6.55. The van der Waals surface area contributed by atoms with Gasteiger partial charge in [0.1, 0.15) is 0 Å². The van der Waals surface area contributed by atoms with Crippen LogP contribution in [0.2, 0.25) is 0 Å². The normalized spacial score (nSPS) is 19.9. The van der Waals surface area contributed by atoms with Crippen LogP contribution in [-0.4, -0.2) is 52.1 Å². The van der Waals surface area contributed by atoms with E-state index in [1.54, 1.807) is 12.1 Å². The zero-order valence-corrected chi connectivity index (χ0v) is 14.6. The second-order valence-corrected chi connectivity index (χ2v) is 6.94. The Morgan fingerprint density at radius 2 is 1.71 bits per heavy atom. The van der Waals surface area contributed by atoms with E-state index in [0.717, 1.165) is 37.9 Å². The quantitative estimate of drug-likeness (QED) is 0.514. The molecule has 7 heteroatoms. The molecule has 1 aromatic rings. The van der Waals surface area contributed by atoms with E-state index in [0.29, 0.717) is 5.11 Å². The maximum Gasteiger partial charge on any atom is 0.269 e. The number of non-ortho nitro benzene ring substituents is 1. The van der Waals surface area contributed by atoms with Gasteiger partial charge in [0.15, 0.2) is 5.11 Å². The van der Waals surface area contributed by atoms with E-state index in [-0.39, 0.29) is 5.69 Å². The first-order valence-electron chi connectivity index (χ1n) is 8.68. The number of hydrogen-bond acceptors (Lipinski definition) is 4. The Labute approximate surface area is 148 Å². The molecule has 0 aromatic heterocycles. The summed E-state index contributed by atoms with van der Waals surface area (Å²) in [6.07, 6.45) is 6.80. The minimum atomic E-state index is -0.396. The number of nitro groups is 1. The number of hydrogen-bond donors (Lipinski definition) is 1. The summed E-state index contributed by atoms with van der Waals surface area (Å²) in [6, 6.07) is 7.14. The van der Waals surface area contributed by atoms with Crippen LogP contribution in [0.15, 0.2) is 24.3 Å². The molecule has 0 amide bonds. The Morgan fingerprint density at radius 1 is 1.08 bits per heavy atom. The van der Waals surface area contributed by atoms with Crippen molar-refractivity contribution < 1.29 is 4.92 Å². The summed E-state index contributed by atoms with van der Waals surface area (Å²) in [7, 11) is 0. The molecule has 2 fully saturated rings. The Kier molecular flexibility index (Phi) is 5.63. The molecule has 0 radical (unpaired) electrons. The van der Waals surface area contributed by atoms with E-state index in [2.05, 4.69) is 15.1 Å². The molecule has 1 aliphatic heterocycles. The van der Waals surface area contributed by atoms with E-state index < -0.39 is 4.92 Å². The van der Waals surface area contributed by atoms with Crippen LogP contribution in [0.25, 0.3) is 0 Å². The lowest BCUT2D eigenvalue weighted by molar-refractivity contribution is -0.384. The van der Waals surface area contributed by atoms with Crippen molar-refractivity contribution in [3.8, 4) is 0 Å². The largest absolute Gasteiger partial charge is 0.346 e.